The number of hydrogen-bond acceptors (Lipinski definition) is 2. The van der Waals surface area contributed by atoms with Gasteiger partial charge in [-0.2, -0.15) is 13.2 Å². The van der Waals surface area contributed by atoms with Crippen LogP contribution >= 0.6 is 39.1 Å². The molecule has 126 valence electrons. The molecule has 4 rings (SSSR count). The van der Waals surface area contributed by atoms with Gasteiger partial charge in [0.15, 0.2) is 0 Å². The molecule has 2 aliphatic heterocycles. The number of rotatable bonds is 0. The van der Waals surface area contributed by atoms with Gasteiger partial charge in [-0.05, 0) is 52.0 Å². The summed E-state index contributed by atoms with van der Waals surface area (Å²) < 4.78 is 39.9. The van der Waals surface area contributed by atoms with Crippen molar-refractivity contribution in [3.05, 3.63) is 55.6 Å². The van der Waals surface area contributed by atoms with Gasteiger partial charge in [0, 0.05) is 10.7 Å². The first-order valence-electron chi connectivity index (χ1n) is 7.22. The molecule has 0 fully saturated rings. The number of fused-ring (bicyclic) bond motifs is 3. The van der Waals surface area contributed by atoms with E-state index < -0.39 is 17.3 Å². The van der Waals surface area contributed by atoms with Crippen LogP contribution in [0.5, 0.6) is 0 Å². The molecule has 0 saturated carbocycles. The van der Waals surface area contributed by atoms with Crippen LogP contribution in [0.1, 0.15) is 17.5 Å². The molecule has 2 nitrogen and oxygen atoms in total. The average Bonchev–Trinajstić information content (AvgIpc) is 3.04. The smallest absolute Gasteiger partial charge is 0.329 e. The SMILES string of the molecule is FC(F)(F)C1=CN2C[C@@]3(CCc4c3ccc(Br)c4Cl)N=C2C(Cl)=C1. The Bertz CT molecular complexity index is 844. The maximum atomic E-state index is 13.0. The van der Waals surface area contributed by atoms with E-state index in [1.807, 2.05) is 12.1 Å². The first-order chi connectivity index (χ1) is 11.2. The van der Waals surface area contributed by atoms with E-state index in [-0.39, 0.29) is 5.03 Å². The summed E-state index contributed by atoms with van der Waals surface area (Å²) in [6.07, 6.45) is -1.01. The summed E-state index contributed by atoms with van der Waals surface area (Å²) in [5.41, 5.74) is 0.593. The van der Waals surface area contributed by atoms with Crippen LogP contribution in [-0.4, -0.2) is 23.5 Å². The monoisotopic (exact) mass is 436 g/mol. The van der Waals surface area contributed by atoms with Crippen LogP contribution in [0.4, 0.5) is 13.2 Å². The molecule has 1 spiro atoms. The molecule has 1 aromatic rings. The molecular weight excluding hydrogens is 428 g/mol. The van der Waals surface area contributed by atoms with Crippen LogP contribution in [0.2, 0.25) is 5.02 Å². The fourth-order valence-electron chi connectivity index (χ4n) is 3.54. The van der Waals surface area contributed by atoms with E-state index in [0.717, 1.165) is 34.3 Å². The summed E-state index contributed by atoms with van der Waals surface area (Å²) >= 11 is 15.8. The Morgan fingerprint density at radius 1 is 1.25 bits per heavy atom. The predicted octanol–water partition coefficient (Wildman–Crippen LogP) is 5.54. The Morgan fingerprint density at radius 3 is 2.71 bits per heavy atom. The molecule has 0 aromatic heterocycles. The van der Waals surface area contributed by atoms with Crippen molar-refractivity contribution in [1.29, 1.82) is 0 Å². The second-order valence-electron chi connectivity index (χ2n) is 6.06. The Hall–Kier alpha value is -0.980. The minimum Gasteiger partial charge on any atom is -0.329 e. The zero-order chi connectivity index (χ0) is 17.3. The van der Waals surface area contributed by atoms with Crippen LogP contribution in [0.15, 0.2) is 44.5 Å². The molecule has 0 amide bonds. The molecule has 0 unspecified atom stereocenters. The van der Waals surface area contributed by atoms with Crippen LogP contribution < -0.4 is 0 Å². The maximum Gasteiger partial charge on any atom is 0.417 e. The number of nitrogens with zero attached hydrogens (tertiary/aromatic N) is 2. The molecule has 24 heavy (non-hydrogen) atoms. The van der Waals surface area contributed by atoms with Gasteiger partial charge in [0.05, 0.1) is 22.2 Å². The van der Waals surface area contributed by atoms with Gasteiger partial charge in [-0.3, -0.25) is 4.99 Å². The zero-order valence-corrected chi connectivity index (χ0v) is 15.2. The van der Waals surface area contributed by atoms with Gasteiger partial charge in [0.1, 0.15) is 11.4 Å². The molecule has 1 aliphatic carbocycles. The summed E-state index contributed by atoms with van der Waals surface area (Å²) in [5, 5.41) is 0.654. The standard InChI is InChI=1S/C16H10BrCl2F3N2/c17-11-2-1-10-9(13(11)19)3-4-15(10)7-24-6-8(16(20,21)22)5-12(18)14(24)23-15/h1-2,5-6H,3-4,7H2/t15-/m1/s1. The quantitative estimate of drug-likeness (QED) is 0.520. The summed E-state index contributed by atoms with van der Waals surface area (Å²) in [6, 6.07) is 3.78. The normalized spacial score (nSPS) is 25.4. The van der Waals surface area contributed by atoms with Gasteiger partial charge in [0.2, 0.25) is 0 Å². The number of aliphatic imine (C=N–C) groups is 1. The van der Waals surface area contributed by atoms with E-state index >= 15 is 0 Å². The van der Waals surface area contributed by atoms with E-state index in [2.05, 4.69) is 15.9 Å². The number of allylic oxidation sites excluding steroid dienone is 2. The molecule has 1 atom stereocenters. The van der Waals surface area contributed by atoms with E-state index in [0.29, 0.717) is 23.8 Å². The average molecular weight is 438 g/mol. The fourth-order valence-corrected chi connectivity index (χ4v) is 4.44. The van der Waals surface area contributed by atoms with Gasteiger partial charge in [-0.25, -0.2) is 0 Å². The Labute approximate surface area is 154 Å². The molecule has 0 saturated heterocycles. The van der Waals surface area contributed by atoms with Crippen molar-refractivity contribution >= 4 is 45.0 Å². The molecule has 0 bridgehead atoms. The Morgan fingerprint density at radius 2 is 2.00 bits per heavy atom. The van der Waals surface area contributed by atoms with E-state index in [1.165, 1.54) is 4.90 Å². The topological polar surface area (TPSA) is 15.6 Å². The number of benzene rings is 1. The number of alkyl halides is 3. The zero-order valence-electron chi connectivity index (χ0n) is 12.1. The van der Waals surface area contributed by atoms with Crippen molar-refractivity contribution in [2.75, 3.05) is 6.54 Å². The lowest BCUT2D eigenvalue weighted by Crippen LogP contribution is -2.32. The van der Waals surface area contributed by atoms with Gasteiger partial charge < -0.3 is 4.90 Å². The van der Waals surface area contributed by atoms with Crippen molar-refractivity contribution in [2.45, 2.75) is 24.6 Å². The Kier molecular flexibility index (Phi) is 3.61. The molecule has 2 heterocycles. The molecular formula is C16H10BrCl2F3N2. The maximum absolute atomic E-state index is 13.0. The van der Waals surface area contributed by atoms with Gasteiger partial charge in [-0.1, -0.05) is 29.3 Å². The largest absolute Gasteiger partial charge is 0.417 e. The van der Waals surface area contributed by atoms with E-state index in [4.69, 9.17) is 28.2 Å². The van der Waals surface area contributed by atoms with Crippen LogP contribution in [-0.2, 0) is 12.0 Å². The summed E-state index contributed by atoms with van der Waals surface area (Å²) in [7, 11) is 0. The highest BCUT2D eigenvalue weighted by Crippen LogP contribution is 2.49. The lowest BCUT2D eigenvalue weighted by atomic mass is 9.93. The molecule has 8 heteroatoms. The van der Waals surface area contributed by atoms with E-state index in [1.54, 1.807) is 0 Å². The van der Waals surface area contributed by atoms with Crippen LogP contribution in [0.25, 0.3) is 0 Å². The molecule has 0 radical (unpaired) electrons. The number of hydrogen-bond donors (Lipinski definition) is 0. The fraction of sp³-hybridized carbons (Fsp3) is 0.312. The first kappa shape index (κ1) is 16.5. The highest BCUT2D eigenvalue weighted by atomic mass is 79.9. The second kappa shape index (κ2) is 5.26. The van der Waals surface area contributed by atoms with Gasteiger partial charge >= 0.3 is 6.18 Å². The molecule has 0 N–H and O–H groups in total. The summed E-state index contributed by atoms with van der Waals surface area (Å²) in [5.74, 6) is 0.386. The van der Waals surface area contributed by atoms with Crippen molar-refractivity contribution in [3.8, 4) is 0 Å². The second-order valence-corrected chi connectivity index (χ2v) is 7.70. The number of halogens is 6. The third kappa shape index (κ3) is 2.34. The Balaban J connectivity index is 1.79. The number of amidine groups is 1. The lowest BCUT2D eigenvalue weighted by Gasteiger charge is -2.25. The first-order valence-corrected chi connectivity index (χ1v) is 8.77. The van der Waals surface area contributed by atoms with Gasteiger partial charge in [0.25, 0.3) is 0 Å². The summed E-state index contributed by atoms with van der Waals surface area (Å²) in [4.78, 5) is 6.20. The van der Waals surface area contributed by atoms with Crippen molar-refractivity contribution in [3.63, 3.8) is 0 Å². The highest BCUT2D eigenvalue weighted by molar-refractivity contribution is 9.10. The lowest BCUT2D eigenvalue weighted by molar-refractivity contribution is -0.0891. The molecule has 1 aromatic carbocycles. The van der Waals surface area contributed by atoms with Crippen molar-refractivity contribution in [2.24, 2.45) is 4.99 Å². The van der Waals surface area contributed by atoms with Crippen LogP contribution in [0, 0.1) is 0 Å². The van der Waals surface area contributed by atoms with Crippen molar-refractivity contribution < 1.29 is 13.2 Å². The van der Waals surface area contributed by atoms with E-state index in [9.17, 15) is 13.2 Å². The third-order valence-electron chi connectivity index (χ3n) is 4.63. The predicted molar refractivity (Wildman–Crippen MR) is 91.4 cm³/mol. The summed E-state index contributed by atoms with van der Waals surface area (Å²) in [6.45, 7) is 0.330. The minimum atomic E-state index is -4.44. The van der Waals surface area contributed by atoms with Gasteiger partial charge in [-0.15, -0.1) is 0 Å². The highest BCUT2D eigenvalue weighted by Gasteiger charge is 2.48. The minimum absolute atomic E-state index is 0.0124. The molecule has 3 aliphatic rings. The van der Waals surface area contributed by atoms with Crippen molar-refractivity contribution in [1.82, 2.24) is 4.90 Å². The van der Waals surface area contributed by atoms with Crippen LogP contribution in [0.3, 0.4) is 0 Å². The third-order valence-corrected chi connectivity index (χ3v) is 6.23.